The monoisotopic (exact) mass is 431 g/mol. The van der Waals surface area contributed by atoms with E-state index in [4.69, 9.17) is 4.74 Å². The number of guanidine groups is 1. The molecular weight excluding hydrogens is 410 g/mol. The van der Waals surface area contributed by atoms with Crippen LogP contribution in [0.3, 0.4) is 0 Å². The molecule has 0 radical (unpaired) electrons. The molecule has 0 saturated heterocycles. The summed E-state index contributed by atoms with van der Waals surface area (Å²) in [4.78, 5) is 3.85. The van der Waals surface area contributed by atoms with Gasteiger partial charge in [0.05, 0.1) is 13.0 Å². The molecular formula is C14H21F3IN3O. The molecule has 0 aliphatic carbocycles. The number of hydrogen-bond acceptors (Lipinski definition) is 2. The second kappa shape index (κ2) is 11.4. The number of hydrogen-bond donors (Lipinski definition) is 2. The minimum Gasteiger partial charge on any atom is -0.494 e. The first-order chi connectivity index (χ1) is 10.0. The number of alkyl halides is 3. The van der Waals surface area contributed by atoms with Gasteiger partial charge < -0.3 is 15.4 Å². The number of halogens is 4. The highest BCUT2D eigenvalue weighted by atomic mass is 127. The molecule has 2 N–H and O–H groups in total. The number of aliphatic imine (C=N–C) groups is 1. The highest BCUT2D eigenvalue weighted by Gasteiger charge is 2.26. The second-order valence-electron chi connectivity index (χ2n) is 4.31. The van der Waals surface area contributed by atoms with E-state index < -0.39 is 12.6 Å². The van der Waals surface area contributed by atoms with Crippen LogP contribution in [-0.4, -0.2) is 38.9 Å². The van der Waals surface area contributed by atoms with E-state index in [2.05, 4.69) is 15.6 Å². The molecule has 0 atom stereocenters. The van der Waals surface area contributed by atoms with Crippen molar-refractivity contribution in [3.8, 4) is 5.75 Å². The Kier molecular flexibility index (Phi) is 10.8. The van der Waals surface area contributed by atoms with Gasteiger partial charge >= 0.3 is 6.18 Å². The van der Waals surface area contributed by atoms with Gasteiger partial charge in [0.1, 0.15) is 5.75 Å². The smallest absolute Gasteiger partial charge is 0.390 e. The van der Waals surface area contributed by atoms with Gasteiger partial charge in [-0.2, -0.15) is 13.2 Å². The molecule has 0 amide bonds. The van der Waals surface area contributed by atoms with E-state index in [1.54, 1.807) is 0 Å². The van der Waals surface area contributed by atoms with Gasteiger partial charge in [-0.15, -0.1) is 24.0 Å². The summed E-state index contributed by atoms with van der Waals surface area (Å²) < 4.78 is 41.5. The predicted octanol–water partition coefficient (Wildman–Crippen LogP) is 3.19. The van der Waals surface area contributed by atoms with Crippen LogP contribution in [0.15, 0.2) is 35.3 Å². The fourth-order valence-corrected chi connectivity index (χ4v) is 1.53. The average molecular weight is 431 g/mol. The Morgan fingerprint density at radius 2 is 1.77 bits per heavy atom. The molecule has 0 aliphatic heterocycles. The Labute approximate surface area is 145 Å². The lowest BCUT2D eigenvalue weighted by Crippen LogP contribution is -2.39. The number of nitrogens with one attached hydrogen (secondary N) is 2. The van der Waals surface area contributed by atoms with Crippen molar-refractivity contribution in [2.24, 2.45) is 4.99 Å². The number of nitrogens with zero attached hydrogens (tertiary/aromatic N) is 1. The molecule has 0 saturated carbocycles. The Balaban J connectivity index is 0.00000441. The molecule has 1 aromatic carbocycles. The molecule has 4 nitrogen and oxygen atoms in total. The van der Waals surface area contributed by atoms with E-state index in [1.807, 2.05) is 30.3 Å². The Bertz CT molecular complexity index is 427. The second-order valence-corrected chi connectivity index (χ2v) is 4.31. The van der Waals surface area contributed by atoms with Crippen molar-refractivity contribution in [1.29, 1.82) is 0 Å². The van der Waals surface area contributed by atoms with Crippen LogP contribution in [0.2, 0.25) is 0 Å². The summed E-state index contributed by atoms with van der Waals surface area (Å²) in [6.45, 7) is 0.902. The molecule has 0 heterocycles. The summed E-state index contributed by atoms with van der Waals surface area (Å²) in [6.07, 6.45) is -4.32. The van der Waals surface area contributed by atoms with Crippen LogP contribution in [0.25, 0.3) is 0 Å². The van der Waals surface area contributed by atoms with Gasteiger partial charge in [0.15, 0.2) is 5.96 Å². The first-order valence-electron chi connectivity index (χ1n) is 6.70. The third kappa shape index (κ3) is 10.5. The van der Waals surface area contributed by atoms with Gasteiger partial charge in [-0.3, -0.25) is 4.99 Å². The Morgan fingerprint density at radius 1 is 1.14 bits per heavy atom. The van der Waals surface area contributed by atoms with Crippen LogP contribution in [0.1, 0.15) is 12.8 Å². The summed E-state index contributed by atoms with van der Waals surface area (Å²) >= 11 is 0. The lowest BCUT2D eigenvalue weighted by atomic mass is 10.3. The largest absolute Gasteiger partial charge is 0.494 e. The van der Waals surface area contributed by atoms with Gasteiger partial charge in [0, 0.05) is 20.1 Å². The summed E-state index contributed by atoms with van der Waals surface area (Å²) in [5, 5.41) is 5.55. The predicted molar refractivity (Wildman–Crippen MR) is 92.0 cm³/mol. The van der Waals surface area contributed by atoms with Crippen LogP contribution >= 0.6 is 24.0 Å². The summed E-state index contributed by atoms with van der Waals surface area (Å²) in [7, 11) is 1.52. The van der Waals surface area contributed by atoms with E-state index in [-0.39, 0.29) is 30.5 Å². The molecule has 126 valence electrons. The molecule has 1 rings (SSSR count). The van der Waals surface area contributed by atoms with E-state index in [0.717, 1.165) is 12.2 Å². The normalized spacial score (nSPS) is 11.5. The molecule has 8 heteroatoms. The fourth-order valence-electron chi connectivity index (χ4n) is 1.53. The minimum absolute atomic E-state index is 0. The van der Waals surface area contributed by atoms with Gasteiger partial charge in [-0.05, 0) is 18.6 Å². The Hall–Kier alpha value is -1.19. The lowest BCUT2D eigenvalue weighted by molar-refractivity contribution is -0.132. The van der Waals surface area contributed by atoms with Crippen LogP contribution in [0, 0.1) is 0 Å². The number of para-hydroxylation sites is 1. The molecule has 0 aliphatic rings. The summed E-state index contributed by atoms with van der Waals surface area (Å²) in [6, 6.07) is 9.42. The van der Waals surface area contributed by atoms with Crippen LogP contribution in [0.5, 0.6) is 5.75 Å². The SMILES string of the molecule is CN=C(NCCCOc1ccccc1)NCCC(F)(F)F.I. The molecule has 0 unspecified atom stereocenters. The van der Waals surface area contributed by atoms with Gasteiger partial charge in [0.25, 0.3) is 0 Å². The van der Waals surface area contributed by atoms with E-state index >= 15 is 0 Å². The average Bonchev–Trinajstić information content (AvgIpc) is 2.45. The van der Waals surface area contributed by atoms with Crippen LogP contribution in [0.4, 0.5) is 13.2 Å². The van der Waals surface area contributed by atoms with E-state index in [9.17, 15) is 13.2 Å². The standard InChI is InChI=1S/C14H20F3N3O.HI/c1-18-13(20-10-8-14(15,16)17)19-9-5-11-21-12-6-3-2-4-7-12;/h2-4,6-7H,5,8-11H2,1H3,(H2,18,19,20);1H. The molecule has 0 spiro atoms. The Morgan fingerprint density at radius 3 is 2.36 bits per heavy atom. The van der Waals surface area contributed by atoms with Gasteiger partial charge in [-0.1, -0.05) is 18.2 Å². The van der Waals surface area contributed by atoms with Crippen molar-refractivity contribution in [3.05, 3.63) is 30.3 Å². The van der Waals surface area contributed by atoms with E-state index in [1.165, 1.54) is 7.05 Å². The molecule has 0 bridgehead atoms. The zero-order valence-corrected chi connectivity index (χ0v) is 14.7. The molecule has 0 fully saturated rings. The van der Waals surface area contributed by atoms with Crippen molar-refractivity contribution in [3.63, 3.8) is 0 Å². The first-order valence-corrected chi connectivity index (χ1v) is 6.70. The lowest BCUT2D eigenvalue weighted by Gasteiger charge is -2.13. The molecule has 0 aromatic heterocycles. The highest BCUT2D eigenvalue weighted by Crippen LogP contribution is 2.17. The molecule has 1 aromatic rings. The zero-order chi connectivity index (χ0) is 15.6. The third-order valence-corrected chi connectivity index (χ3v) is 2.55. The summed E-state index contributed by atoms with van der Waals surface area (Å²) in [5.41, 5.74) is 0. The number of benzene rings is 1. The summed E-state index contributed by atoms with van der Waals surface area (Å²) in [5.74, 6) is 1.16. The quantitative estimate of drug-likeness (QED) is 0.302. The topological polar surface area (TPSA) is 45.7 Å². The minimum atomic E-state index is -4.16. The maximum absolute atomic E-state index is 12.0. The van der Waals surface area contributed by atoms with Crippen molar-refractivity contribution in [2.75, 3.05) is 26.7 Å². The van der Waals surface area contributed by atoms with Crippen molar-refractivity contribution >= 4 is 29.9 Å². The third-order valence-electron chi connectivity index (χ3n) is 2.55. The zero-order valence-electron chi connectivity index (χ0n) is 12.3. The van der Waals surface area contributed by atoms with Crippen LogP contribution in [-0.2, 0) is 0 Å². The van der Waals surface area contributed by atoms with Crippen molar-refractivity contribution in [2.45, 2.75) is 19.0 Å². The highest BCUT2D eigenvalue weighted by molar-refractivity contribution is 14.0. The fraction of sp³-hybridized carbons (Fsp3) is 0.500. The maximum atomic E-state index is 12.0. The number of ether oxygens (including phenoxy) is 1. The van der Waals surface area contributed by atoms with Crippen LogP contribution < -0.4 is 15.4 Å². The van der Waals surface area contributed by atoms with Gasteiger partial charge in [-0.25, -0.2) is 0 Å². The van der Waals surface area contributed by atoms with Crippen molar-refractivity contribution in [1.82, 2.24) is 10.6 Å². The maximum Gasteiger partial charge on any atom is 0.390 e. The van der Waals surface area contributed by atoms with Crippen molar-refractivity contribution < 1.29 is 17.9 Å². The van der Waals surface area contributed by atoms with Gasteiger partial charge in [0.2, 0.25) is 0 Å². The first kappa shape index (κ1) is 20.8. The molecule has 22 heavy (non-hydrogen) atoms. The number of rotatable bonds is 7. The van der Waals surface area contributed by atoms with E-state index in [0.29, 0.717) is 19.1 Å².